The maximum absolute atomic E-state index is 5.87. The van der Waals surface area contributed by atoms with Crippen molar-refractivity contribution in [1.29, 1.82) is 0 Å². The molecule has 0 radical (unpaired) electrons. The van der Waals surface area contributed by atoms with Gasteiger partial charge in [0.2, 0.25) is 0 Å². The summed E-state index contributed by atoms with van der Waals surface area (Å²) in [5, 5.41) is 3.61. The van der Waals surface area contributed by atoms with Gasteiger partial charge in [0.25, 0.3) is 0 Å². The summed E-state index contributed by atoms with van der Waals surface area (Å²) >= 11 is 0. The second-order valence-electron chi connectivity index (χ2n) is 0. The summed E-state index contributed by atoms with van der Waals surface area (Å²) < 4.78 is 11.7. The first-order chi connectivity index (χ1) is 2.83. The molecule has 0 unspecified atom stereocenters. The average molecular weight is 99.0 g/mol. The summed E-state index contributed by atoms with van der Waals surface area (Å²) in [6, 6.07) is 0. The normalized spacial score (nSPS) is 7.00. The second kappa shape index (κ2) is 387. The fourth-order valence-corrected chi connectivity index (χ4v) is 0. The predicted octanol–water partition coefficient (Wildman–Crippen LogP) is -1.86. The number of hydrogen-bond acceptors (Lipinski definition) is 0. The monoisotopic (exact) mass is 99.0 g/mol. The van der Waals surface area contributed by atoms with Crippen LogP contribution in [0.3, 0.4) is 0 Å². The van der Waals surface area contributed by atoms with Crippen molar-refractivity contribution in [2.45, 2.75) is 0 Å². The summed E-state index contributed by atoms with van der Waals surface area (Å²) in [5.74, 6) is 0. The topological polar surface area (TPSA) is 51.2 Å². The van der Waals surface area contributed by atoms with Gasteiger partial charge in [-0.05, 0) is 0 Å². The van der Waals surface area contributed by atoms with E-state index in [4.69, 9.17) is 2.82 Å². The van der Waals surface area contributed by atoms with Crippen molar-refractivity contribution in [3.05, 3.63) is 0 Å². The lowest BCUT2D eigenvalue weighted by Gasteiger charge is -0.770. The average Bonchev–Trinajstić information content (AvgIpc) is 1.39. The van der Waals surface area contributed by atoms with Crippen LogP contribution < -0.4 is 10.3 Å². The molecule has 4 heavy (non-hydrogen) atoms. The highest BCUT2D eigenvalue weighted by Gasteiger charge is 0.711. The summed E-state index contributed by atoms with van der Waals surface area (Å²) in [5.41, 5.74) is 0. The lowest BCUT2D eigenvalue weighted by molar-refractivity contribution is -0.0723. The highest BCUT2D eigenvalue weighted by atomic mass is 31.0. The first-order valence-corrected chi connectivity index (χ1v) is 1.50. The van der Waals surface area contributed by atoms with Gasteiger partial charge in [-0.3, -0.25) is 0 Å². The minimum Gasteiger partial charge on any atom is -0.247 e. The lowest BCUT2D eigenvalue weighted by atomic mass is 14.0. The smallest absolute Gasteiger partial charge is 0.247 e. The third kappa shape index (κ3) is 79.2. The third-order valence-corrected chi connectivity index (χ3v) is 0. The Hall–Kier alpha value is 0.200. The van der Waals surface area contributed by atoms with Crippen LogP contribution in [0.1, 0.15) is 0 Å². The van der Waals surface area contributed by atoms with Gasteiger partial charge in [0, 0.05) is 0 Å². The van der Waals surface area contributed by atoms with Crippen molar-refractivity contribution in [1.82, 2.24) is 0 Å². The number of rotatable bonds is 0. The molecule has 0 saturated heterocycles. The van der Waals surface area contributed by atoms with E-state index in [0.29, 0.717) is 0 Å². The van der Waals surface area contributed by atoms with Crippen LogP contribution in [0, 0.1) is 0 Å². The molecule has 0 spiro atoms. The van der Waals surface area contributed by atoms with E-state index in [1.807, 2.05) is 0 Å². The molecule has 0 heterocycles. The van der Waals surface area contributed by atoms with Gasteiger partial charge in [0.15, 0.2) is 18.1 Å². The van der Waals surface area contributed by atoms with E-state index in [0.717, 1.165) is 0 Å². The molecule has 0 bridgehead atoms. The molecule has 0 aromatic heterocycles. The molecule has 0 rings (SSSR count). The third-order valence-electron chi connectivity index (χ3n) is 0. The Bertz CT molecular complexity index is 30.5. The minimum absolute atomic E-state index is 1.81. The summed E-state index contributed by atoms with van der Waals surface area (Å²) in [4.78, 5) is 0. The standard InChI is InChI=1S/2H2NP/c2*1-2/h2*1-2H/p+2/i/hTD. The van der Waals surface area contributed by atoms with Gasteiger partial charge >= 0.3 is 2.82 Å². The molecule has 0 aliphatic heterocycles. The SMILES string of the molecule is [2H][NH+]=P.[3H][NH+]=P. The van der Waals surface area contributed by atoms with Gasteiger partial charge < -0.3 is 0 Å². The van der Waals surface area contributed by atoms with E-state index >= 15 is 0 Å². The van der Waals surface area contributed by atoms with Crippen LogP contribution in [0.25, 0.3) is 0 Å². The molecule has 0 amide bonds. The molecule has 0 atom stereocenters. The molecule has 4 heteroatoms. The molecule has 24 valence electrons. The summed E-state index contributed by atoms with van der Waals surface area (Å²) in [6.45, 7) is 0. The van der Waals surface area contributed by atoms with E-state index in [-0.39, 0.29) is 0 Å². The van der Waals surface area contributed by atoms with Crippen LogP contribution in [0.5, 0.6) is 0 Å². The van der Waals surface area contributed by atoms with E-state index in [1.165, 1.54) is 0 Å². The maximum atomic E-state index is 5.87. The molecule has 0 aliphatic rings. The van der Waals surface area contributed by atoms with Gasteiger partial charge in [-0.2, -0.15) is 0 Å². The van der Waals surface area contributed by atoms with Crippen molar-refractivity contribution in [3.8, 4) is 0 Å². The Balaban J connectivity index is 0. The Morgan fingerprint density at radius 2 is 2.25 bits per heavy atom. The van der Waals surface area contributed by atoms with Crippen molar-refractivity contribution in [2.75, 3.05) is 0 Å². The Morgan fingerprint density at radius 3 is 2.25 bits per heavy atom. The first kappa shape index (κ1) is 2.44. The summed E-state index contributed by atoms with van der Waals surface area (Å²) in [7, 11) is 5.20. The highest BCUT2D eigenvalue weighted by Crippen LogP contribution is 1.03. The first-order valence-electron chi connectivity index (χ1n) is 1.50. The Morgan fingerprint density at radius 1 is 2.25 bits per heavy atom. The lowest BCUT2D eigenvalue weighted by Crippen LogP contribution is -2.12. The van der Waals surface area contributed by atoms with Gasteiger partial charge in [-0.15, -0.1) is 0 Å². The van der Waals surface area contributed by atoms with Crippen LogP contribution in [0.4, 0.5) is 0 Å². The Labute approximate surface area is 32.4 Å². The molecule has 0 aromatic rings. The zero-order chi connectivity index (χ0) is 5.41. The van der Waals surface area contributed by atoms with Gasteiger partial charge in [0.1, 0.15) is 0 Å². The second-order valence-corrected chi connectivity index (χ2v) is 0. The van der Waals surface area contributed by atoms with Crippen molar-refractivity contribution in [3.63, 3.8) is 0 Å². The van der Waals surface area contributed by atoms with Crippen LogP contribution in [0.2, 0.25) is 2.82 Å². The van der Waals surface area contributed by atoms with Gasteiger partial charge in [-0.1, -0.05) is 0 Å². The molecule has 0 saturated carbocycles. The van der Waals surface area contributed by atoms with E-state index in [9.17, 15) is 0 Å². The van der Waals surface area contributed by atoms with Crippen molar-refractivity contribution >= 4 is 18.1 Å². The number of hydrogen-bond donors (Lipinski definition) is 2. The molecule has 2 nitrogen and oxygen atoms in total. The zero-order valence-corrected chi connectivity index (χ0v) is 4.00. The van der Waals surface area contributed by atoms with Crippen LogP contribution in [-0.2, 0) is 0 Å². The molecular weight excluding hydrogens is 90.0 g/mol. The highest BCUT2D eigenvalue weighted by molar-refractivity contribution is 6.99. The molecule has 0 fully saturated rings. The van der Waals surface area contributed by atoms with Gasteiger partial charge in [-0.25, -0.2) is 10.3 Å². The zero-order valence-electron chi connectivity index (χ0n) is 4.00. The molecule has 0 aromatic carbocycles. The summed E-state index contributed by atoms with van der Waals surface area (Å²) in [6.07, 6.45) is 0. The van der Waals surface area contributed by atoms with Crippen molar-refractivity contribution < 1.29 is 13.1 Å². The van der Waals surface area contributed by atoms with E-state index in [2.05, 4.69) is 18.1 Å². The fraction of sp³-hybridized carbons (Fsp3) is 0. The van der Waals surface area contributed by atoms with Gasteiger partial charge in [0.05, 0.1) is 0 Å². The largest absolute Gasteiger partial charge is 0.445 e. The number of nitrogens with two attached hydrogens (primary N) is 2. The van der Waals surface area contributed by atoms with Crippen molar-refractivity contribution in [2.24, 2.45) is 0 Å². The maximum Gasteiger partial charge on any atom is 0.445 e. The molecule has 4 N–H and O–H groups in total. The van der Waals surface area contributed by atoms with Crippen LogP contribution in [0.15, 0.2) is 0 Å². The quantitative estimate of drug-likeness (QED) is 0.335. The fourth-order valence-electron chi connectivity index (χ4n) is 0. The Kier molecular flexibility index (Phi) is 236. The van der Waals surface area contributed by atoms with Crippen LogP contribution in [-0.4, -0.2) is 0 Å². The predicted molar refractivity (Wildman–Crippen MR) is 20.5 cm³/mol. The van der Waals surface area contributed by atoms with E-state index in [1.54, 1.807) is 10.3 Å². The van der Waals surface area contributed by atoms with Crippen LogP contribution >= 0.6 is 18.1 Å². The minimum atomic E-state index is 1.81. The molecular formula is H6N2P2+2. The molecule has 0 aliphatic carbocycles. The van der Waals surface area contributed by atoms with E-state index < -0.39 is 0 Å².